The van der Waals surface area contributed by atoms with Gasteiger partial charge in [-0.05, 0) is 49.2 Å². The van der Waals surface area contributed by atoms with Crippen LogP contribution in [0.15, 0.2) is 42.6 Å². The molecule has 2 amide bonds. The summed E-state index contributed by atoms with van der Waals surface area (Å²) in [7, 11) is 0. The van der Waals surface area contributed by atoms with Crippen molar-refractivity contribution >= 4 is 75.6 Å². The molecule has 15 nitrogen and oxygen atoms in total. The Morgan fingerprint density at radius 3 is 2.34 bits per heavy atom. The Morgan fingerprint density at radius 2 is 1.66 bits per heavy atom. The van der Waals surface area contributed by atoms with Crippen molar-refractivity contribution in [2.24, 2.45) is 0 Å². The number of hydrogen-bond acceptors (Lipinski definition) is 11. The predicted molar refractivity (Wildman–Crippen MR) is 162 cm³/mol. The Balaban J connectivity index is 1.28. The highest BCUT2D eigenvalue weighted by Gasteiger charge is 2.23. The summed E-state index contributed by atoms with van der Waals surface area (Å²) in [5.41, 5.74) is 12.8. The molecule has 4 aromatic rings. The van der Waals surface area contributed by atoms with E-state index >= 15 is 0 Å². The van der Waals surface area contributed by atoms with Crippen LogP contribution in [0.4, 0.5) is 17.5 Å². The average molecular weight is 642 g/mol. The fourth-order valence-corrected chi connectivity index (χ4v) is 4.45. The van der Waals surface area contributed by atoms with Crippen LogP contribution in [0.1, 0.15) is 49.6 Å². The number of nitrogens with zero attached hydrogens (tertiary/aromatic N) is 4. The number of hydrogen-bond donors (Lipinski definition) is 7. The number of aromatic nitrogens is 4. The summed E-state index contributed by atoms with van der Waals surface area (Å²) in [5.74, 6) is -3.90. The van der Waals surface area contributed by atoms with Gasteiger partial charge in [0.2, 0.25) is 5.95 Å². The number of amides is 2. The summed E-state index contributed by atoms with van der Waals surface area (Å²) in [6.07, 6.45) is 1.67. The Bertz CT molecular complexity index is 1750. The van der Waals surface area contributed by atoms with Gasteiger partial charge in [0.05, 0.1) is 39.6 Å². The van der Waals surface area contributed by atoms with E-state index in [-0.39, 0.29) is 64.5 Å². The third kappa shape index (κ3) is 7.56. The summed E-state index contributed by atoms with van der Waals surface area (Å²) in [5, 5.41) is 26.8. The Morgan fingerprint density at radius 1 is 0.932 bits per heavy atom. The zero-order valence-corrected chi connectivity index (χ0v) is 24.2. The molecule has 4 rings (SSSR count). The number of carbonyl (C=O) groups is 4. The molecule has 2 aromatic carbocycles. The molecule has 1 unspecified atom stereocenters. The summed E-state index contributed by atoms with van der Waals surface area (Å²) in [4.78, 5) is 65.0. The fraction of sp³-hybridized carbons (Fsp3) is 0.185. The van der Waals surface area contributed by atoms with Crippen molar-refractivity contribution in [3.05, 3.63) is 75.0 Å². The molecule has 0 spiro atoms. The summed E-state index contributed by atoms with van der Waals surface area (Å²) >= 11 is 11.8. The molecule has 0 bridgehead atoms. The van der Waals surface area contributed by atoms with E-state index in [1.165, 1.54) is 30.5 Å². The maximum atomic E-state index is 12.7. The summed E-state index contributed by atoms with van der Waals surface area (Å²) < 4.78 is 0. The minimum atomic E-state index is -1.42. The first-order valence-corrected chi connectivity index (χ1v) is 13.6. The lowest BCUT2D eigenvalue weighted by Gasteiger charge is -2.15. The summed E-state index contributed by atoms with van der Waals surface area (Å²) in [6.45, 7) is 0.284. The second-order valence-electron chi connectivity index (χ2n) is 9.28. The van der Waals surface area contributed by atoms with Crippen LogP contribution in [0.3, 0.4) is 0 Å². The molecule has 2 heterocycles. The van der Waals surface area contributed by atoms with Gasteiger partial charge in [-0.3, -0.25) is 9.59 Å². The highest BCUT2D eigenvalue weighted by Crippen LogP contribution is 2.28. The van der Waals surface area contributed by atoms with Crippen molar-refractivity contribution in [1.29, 1.82) is 0 Å². The SMILES string of the molecule is Nc1nc(N)c2nc(CNc3ccc(C(=O)NC(CCCNC(=O)c4ccc(Cl)c(Cl)c4C(=O)O)C(=O)O)cc3)cnc2n1. The lowest BCUT2D eigenvalue weighted by Crippen LogP contribution is -2.41. The van der Waals surface area contributed by atoms with Gasteiger partial charge in [-0.25, -0.2) is 19.6 Å². The maximum Gasteiger partial charge on any atom is 0.338 e. The van der Waals surface area contributed by atoms with E-state index in [1.807, 2.05) is 0 Å². The number of rotatable bonds is 12. The lowest BCUT2D eigenvalue weighted by molar-refractivity contribution is -0.139. The summed E-state index contributed by atoms with van der Waals surface area (Å²) in [6, 6.07) is 7.61. The van der Waals surface area contributed by atoms with Gasteiger partial charge in [-0.1, -0.05) is 23.2 Å². The second-order valence-corrected chi connectivity index (χ2v) is 10.1. The molecule has 228 valence electrons. The molecular formula is C27H25Cl2N9O6. The smallest absolute Gasteiger partial charge is 0.338 e. The fourth-order valence-electron chi connectivity index (χ4n) is 4.05. The van der Waals surface area contributed by atoms with Crippen molar-refractivity contribution in [1.82, 2.24) is 30.6 Å². The molecule has 17 heteroatoms. The van der Waals surface area contributed by atoms with Crippen LogP contribution in [0, 0.1) is 0 Å². The van der Waals surface area contributed by atoms with Gasteiger partial charge < -0.3 is 37.6 Å². The van der Waals surface area contributed by atoms with Crippen molar-refractivity contribution in [3.63, 3.8) is 0 Å². The molecule has 0 saturated carbocycles. The highest BCUT2D eigenvalue weighted by molar-refractivity contribution is 6.44. The number of carboxylic acids is 2. The predicted octanol–water partition coefficient (Wildman–Crippen LogP) is 2.59. The van der Waals surface area contributed by atoms with E-state index in [1.54, 1.807) is 12.1 Å². The largest absolute Gasteiger partial charge is 0.480 e. The minimum Gasteiger partial charge on any atom is -0.480 e. The van der Waals surface area contributed by atoms with Crippen LogP contribution >= 0.6 is 23.2 Å². The Labute approximate surface area is 259 Å². The molecule has 2 aromatic heterocycles. The molecule has 0 aliphatic carbocycles. The number of aromatic carboxylic acids is 1. The molecule has 0 radical (unpaired) electrons. The number of nitrogens with one attached hydrogen (secondary N) is 3. The molecule has 0 aliphatic rings. The van der Waals surface area contributed by atoms with E-state index in [0.29, 0.717) is 16.9 Å². The van der Waals surface area contributed by atoms with Gasteiger partial charge in [-0.2, -0.15) is 9.97 Å². The van der Waals surface area contributed by atoms with Gasteiger partial charge in [0.15, 0.2) is 17.0 Å². The standard InChI is InChI=1S/C27H25Cl2N9O6/c28-16-8-7-15(18(19(16)29)26(43)44)24(40)32-9-1-2-17(25(41)42)36-23(39)12-3-5-13(6-4-12)33-10-14-11-34-22-20(35-14)21(30)37-27(31)38-22/h3-8,11,17,33H,1-2,9-10H2,(H,32,40)(H,36,39)(H,41,42)(H,43,44)(H4,30,31,34,37,38). The minimum absolute atomic E-state index is 0.00331. The first kappa shape index (κ1) is 31.7. The van der Waals surface area contributed by atoms with E-state index in [4.69, 9.17) is 34.7 Å². The van der Waals surface area contributed by atoms with E-state index in [0.717, 1.165) is 0 Å². The maximum absolute atomic E-state index is 12.7. The second kappa shape index (κ2) is 13.8. The number of aliphatic carboxylic acids is 1. The van der Waals surface area contributed by atoms with Crippen molar-refractivity contribution in [2.75, 3.05) is 23.3 Å². The van der Waals surface area contributed by atoms with Crippen LogP contribution in [0.5, 0.6) is 0 Å². The molecule has 0 fully saturated rings. The zero-order chi connectivity index (χ0) is 32.0. The van der Waals surface area contributed by atoms with Crippen LogP contribution in [-0.2, 0) is 11.3 Å². The number of halogens is 2. The van der Waals surface area contributed by atoms with Gasteiger partial charge in [0.25, 0.3) is 11.8 Å². The Hall–Kier alpha value is -5.28. The number of carboxylic acid groups (broad SMARTS) is 2. The number of anilines is 3. The monoisotopic (exact) mass is 641 g/mol. The van der Waals surface area contributed by atoms with Crippen LogP contribution in [-0.4, -0.2) is 66.5 Å². The molecule has 1 atom stereocenters. The van der Waals surface area contributed by atoms with E-state index in [2.05, 4.69) is 35.9 Å². The van der Waals surface area contributed by atoms with Gasteiger partial charge in [-0.15, -0.1) is 0 Å². The Kier molecular flexibility index (Phi) is 9.92. The molecule has 9 N–H and O–H groups in total. The third-order valence-corrected chi connectivity index (χ3v) is 7.04. The normalized spacial score (nSPS) is 11.5. The highest BCUT2D eigenvalue weighted by atomic mass is 35.5. The molecule has 44 heavy (non-hydrogen) atoms. The quantitative estimate of drug-likeness (QED) is 0.110. The van der Waals surface area contributed by atoms with Gasteiger partial charge in [0, 0.05) is 17.8 Å². The number of nitrogen functional groups attached to an aromatic ring is 2. The average Bonchev–Trinajstić information content (AvgIpc) is 2.98. The lowest BCUT2D eigenvalue weighted by atomic mass is 10.1. The van der Waals surface area contributed by atoms with Crippen molar-refractivity contribution < 1.29 is 29.4 Å². The van der Waals surface area contributed by atoms with Crippen LogP contribution < -0.4 is 27.4 Å². The van der Waals surface area contributed by atoms with Crippen LogP contribution in [0.25, 0.3) is 11.2 Å². The number of nitrogens with two attached hydrogens (primary N) is 2. The zero-order valence-electron chi connectivity index (χ0n) is 22.7. The number of carbonyl (C=O) groups excluding carboxylic acids is 2. The molecule has 0 aliphatic heterocycles. The number of fused-ring (bicyclic) bond motifs is 1. The van der Waals surface area contributed by atoms with E-state index in [9.17, 15) is 29.4 Å². The third-order valence-electron chi connectivity index (χ3n) is 6.23. The van der Waals surface area contributed by atoms with Gasteiger partial charge >= 0.3 is 11.9 Å². The van der Waals surface area contributed by atoms with Crippen molar-refractivity contribution in [2.45, 2.75) is 25.4 Å². The molecular weight excluding hydrogens is 617 g/mol. The topological polar surface area (TPSA) is 248 Å². The van der Waals surface area contributed by atoms with E-state index < -0.39 is 35.4 Å². The first-order valence-electron chi connectivity index (χ1n) is 12.9. The van der Waals surface area contributed by atoms with Crippen molar-refractivity contribution in [3.8, 4) is 0 Å². The first-order chi connectivity index (χ1) is 20.9. The molecule has 0 saturated heterocycles. The number of benzene rings is 2. The van der Waals surface area contributed by atoms with Crippen LogP contribution in [0.2, 0.25) is 10.0 Å². The van der Waals surface area contributed by atoms with Gasteiger partial charge in [0.1, 0.15) is 6.04 Å².